The molecule has 0 bridgehead atoms. The van der Waals surface area contributed by atoms with Crippen LogP contribution >= 0.6 is 11.8 Å². The highest BCUT2D eigenvalue weighted by molar-refractivity contribution is 8.14. The van der Waals surface area contributed by atoms with E-state index in [9.17, 15) is 0 Å². The van der Waals surface area contributed by atoms with Gasteiger partial charge in [0.05, 0.1) is 6.04 Å². The van der Waals surface area contributed by atoms with Crippen LogP contribution in [-0.4, -0.2) is 23.0 Å². The normalized spacial score (nSPS) is 37.3. The van der Waals surface area contributed by atoms with Crippen LogP contribution in [0.25, 0.3) is 0 Å². The molecule has 1 aliphatic heterocycles. The minimum atomic E-state index is 0.571. The summed E-state index contributed by atoms with van der Waals surface area (Å²) in [6.07, 6.45) is 5.22. The smallest absolute Gasteiger partial charge is 0.157 e. The van der Waals surface area contributed by atoms with Gasteiger partial charge in [-0.25, -0.2) is 0 Å². The standard InChI is InChI=1S/C11H20N2S/c1-3-9-7-14-11(12-9)13-10-5-4-8(2)6-10/h8-10H,3-7H2,1-2H3,(H,12,13). The van der Waals surface area contributed by atoms with Gasteiger partial charge in [-0.15, -0.1) is 0 Å². The van der Waals surface area contributed by atoms with Gasteiger partial charge in [-0.1, -0.05) is 25.6 Å². The lowest BCUT2D eigenvalue weighted by Crippen LogP contribution is -2.30. The Labute approximate surface area is 90.9 Å². The Bertz CT molecular complexity index is 227. The van der Waals surface area contributed by atoms with Gasteiger partial charge in [-0.3, -0.25) is 4.99 Å². The van der Waals surface area contributed by atoms with E-state index in [4.69, 9.17) is 0 Å². The fourth-order valence-corrected chi connectivity index (χ4v) is 3.35. The number of hydrogen-bond acceptors (Lipinski definition) is 3. The van der Waals surface area contributed by atoms with Crippen molar-refractivity contribution in [3.8, 4) is 0 Å². The first-order valence-corrected chi connectivity index (χ1v) is 6.73. The first-order chi connectivity index (χ1) is 6.78. The molecule has 1 N–H and O–H groups in total. The highest BCUT2D eigenvalue weighted by Crippen LogP contribution is 2.26. The van der Waals surface area contributed by atoms with Crippen LogP contribution in [0.15, 0.2) is 4.99 Å². The number of nitrogens with one attached hydrogen (secondary N) is 1. The van der Waals surface area contributed by atoms with E-state index < -0.39 is 0 Å². The molecule has 0 amide bonds. The van der Waals surface area contributed by atoms with E-state index in [0.29, 0.717) is 12.1 Å². The summed E-state index contributed by atoms with van der Waals surface area (Å²) in [7, 11) is 0. The van der Waals surface area contributed by atoms with Crippen LogP contribution in [0.3, 0.4) is 0 Å². The third-order valence-electron chi connectivity index (χ3n) is 3.21. The average molecular weight is 212 g/mol. The third kappa shape index (κ3) is 2.44. The number of amidine groups is 1. The number of hydrogen-bond donors (Lipinski definition) is 1. The summed E-state index contributed by atoms with van der Waals surface area (Å²) in [5.41, 5.74) is 0. The Kier molecular flexibility index (Phi) is 3.37. The van der Waals surface area contributed by atoms with Gasteiger partial charge in [0.1, 0.15) is 0 Å². The predicted octanol–water partition coefficient (Wildman–Crippen LogP) is 2.65. The molecule has 2 nitrogen and oxygen atoms in total. The molecule has 2 rings (SSSR count). The predicted molar refractivity (Wildman–Crippen MR) is 63.9 cm³/mol. The summed E-state index contributed by atoms with van der Waals surface area (Å²) in [6, 6.07) is 1.27. The van der Waals surface area contributed by atoms with E-state index >= 15 is 0 Å². The minimum absolute atomic E-state index is 0.571. The van der Waals surface area contributed by atoms with Crippen LogP contribution in [0.2, 0.25) is 0 Å². The Balaban J connectivity index is 1.81. The van der Waals surface area contributed by atoms with E-state index in [-0.39, 0.29) is 0 Å². The maximum atomic E-state index is 4.66. The second-order valence-electron chi connectivity index (χ2n) is 4.57. The number of aliphatic imine (C=N–C) groups is 1. The first-order valence-electron chi connectivity index (χ1n) is 5.75. The van der Waals surface area contributed by atoms with Crippen molar-refractivity contribution >= 4 is 16.9 Å². The van der Waals surface area contributed by atoms with Crippen molar-refractivity contribution < 1.29 is 0 Å². The van der Waals surface area contributed by atoms with Gasteiger partial charge in [-0.2, -0.15) is 0 Å². The van der Waals surface area contributed by atoms with Crippen molar-refractivity contribution in [2.75, 3.05) is 5.75 Å². The van der Waals surface area contributed by atoms with Crippen molar-refractivity contribution in [3.05, 3.63) is 0 Å². The fourth-order valence-electron chi connectivity index (χ4n) is 2.22. The molecule has 0 radical (unpaired) electrons. The topological polar surface area (TPSA) is 24.4 Å². The quantitative estimate of drug-likeness (QED) is 0.761. The summed E-state index contributed by atoms with van der Waals surface area (Å²) in [4.78, 5) is 4.66. The highest BCUT2D eigenvalue weighted by Gasteiger charge is 2.24. The molecule has 3 heteroatoms. The van der Waals surface area contributed by atoms with Crippen LogP contribution in [0.5, 0.6) is 0 Å². The zero-order chi connectivity index (χ0) is 9.97. The van der Waals surface area contributed by atoms with E-state index in [2.05, 4.69) is 24.2 Å². The van der Waals surface area contributed by atoms with E-state index in [0.717, 1.165) is 5.92 Å². The summed E-state index contributed by atoms with van der Waals surface area (Å²) >= 11 is 1.90. The van der Waals surface area contributed by atoms with Gasteiger partial charge in [0.2, 0.25) is 0 Å². The maximum absolute atomic E-state index is 4.66. The largest absolute Gasteiger partial charge is 0.362 e. The first kappa shape index (κ1) is 10.3. The van der Waals surface area contributed by atoms with E-state index in [1.54, 1.807) is 0 Å². The molecule has 3 unspecified atom stereocenters. The third-order valence-corrected chi connectivity index (χ3v) is 4.25. The monoisotopic (exact) mass is 212 g/mol. The molecule has 0 aromatic rings. The number of rotatable bonds is 2. The molecular weight excluding hydrogens is 192 g/mol. The molecule has 14 heavy (non-hydrogen) atoms. The second-order valence-corrected chi connectivity index (χ2v) is 5.58. The molecule has 0 spiro atoms. The lowest BCUT2D eigenvalue weighted by atomic mass is 10.1. The van der Waals surface area contributed by atoms with Crippen LogP contribution < -0.4 is 5.32 Å². The van der Waals surface area contributed by atoms with Gasteiger partial charge in [0.25, 0.3) is 0 Å². The minimum Gasteiger partial charge on any atom is -0.362 e. The van der Waals surface area contributed by atoms with Crippen LogP contribution in [-0.2, 0) is 0 Å². The molecule has 0 aromatic carbocycles. The highest BCUT2D eigenvalue weighted by atomic mass is 32.2. The van der Waals surface area contributed by atoms with Crippen LogP contribution in [0, 0.1) is 5.92 Å². The maximum Gasteiger partial charge on any atom is 0.157 e. The molecular formula is C11H20N2S. The second kappa shape index (κ2) is 4.56. The van der Waals surface area contributed by atoms with E-state index in [1.165, 1.54) is 36.6 Å². The molecule has 1 fully saturated rings. The molecule has 0 aromatic heterocycles. The molecule has 2 aliphatic rings. The van der Waals surface area contributed by atoms with Gasteiger partial charge in [0.15, 0.2) is 5.17 Å². The SMILES string of the molecule is CCC1CSC(NC2CCC(C)C2)=N1. The lowest BCUT2D eigenvalue weighted by molar-refractivity contribution is 0.571. The zero-order valence-corrected chi connectivity index (χ0v) is 9.94. The van der Waals surface area contributed by atoms with Crippen molar-refractivity contribution in [3.63, 3.8) is 0 Å². The summed E-state index contributed by atoms with van der Waals surface area (Å²) in [5.74, 6) is 2.09. The summed E-state index contributed by atoms with van der Waals surface area (Å²) in [5, 5.41) is 4.79. The summed E-state index contributed by atoms with van der Waals surface area (Å²) in [6.45, 7) is 4.56. The zero-order valence-electron chi connectivity index (χ0n) is 9.12. The average Bonchev–Trinajstić information content (AvgIpc) is 2.76. The van der Waals surface area contributed by atoms with Crippen molar-refractivity contribution in [1.82, 2.24) is 5.32 Å². The fraction of sp³-hybridized carbons (Fsp3) is 0.909. The Morgan fingerprint density at radius 2 is 2.36 bits per heavy atom. The van der Waals surface area contributed by atoms with Gasteiger partial charge in [-0.05, 0) is 31.6 Å². The molecule has 1 heterocycles. The van der Waals surface area contributed by atoms with E-state index in [1.807, 2.05) is 11.8 Å². The Morgan fingerprint density at radius 1 is 1.50 bits per heavy atom. The Hall–Kier alpha value is -0.180. The van der Waals surface area contributed by atoms with Gasteiger partial charge < -0.3 is 5.32 Å². The molecule has 3 atom stereocenters. The Morgan fingerprint density at radius 3 is 2.93 bits per heavy atom. The molecule has 1 aliphatic carbocycles. The number of nitrogens with zero attached hydrogens (tertiary/aromatic N) is 1. The lowest BCUT2D eigenvalue weighted by Gasteiger charge is -2.12. The van der Waals surface area contributed by atoms with Gasteiger partial charge >= 0.3 is 0 Å². The molecule has 0 saturated heterocycles. The van der Waals surface area contributed by atoms with Crippen molar-refractivity contribution in [1.29, 1.82) is 0 Å². The van der Waals surface area contributed by atoms with Crippen molar-refractivity contribution in [2.24, 2.45) is 10.9 Å². The number of thioether (sulfide) groups is 1. The van der Waals surface area contributed by atoms with Crippen LogP contribution in [0.1, 0.15) is 39.5 Å². The molecule has 80 valence electrons. The molecule has 1 saturated carbocycles. The van der Waals surface area contributed by atoms with Gasteiger partial charge in [0, 0.05) is 11.8 Å². The summed E-state index contributed by atoms with van der Waals surface area (Å²) < 4.78 is 0. The van der Waals surface area contributed by atoms with Crippen molar-refractivity contribution in [2.45, 2.75) is 51.6 Å². The van der Waals surface area contributed by atoms with Crippen LogP contribution in [0.4, 0.5) is 0 Å².